The largest absolute Gasteiger partial charge is 0.466 e. The van der Waals surface area contributed by atoms with E-state index in [9.17, 15) is 9.90 Å². The van der Waals surface area contributed by atoms with Gasteiger partial charge in [0.2, 0.25) is 0 Å². The maximum absolute atomic E-state index is 11.5. The van der Waals surface area contributed by atoms with Gasteiger partial charge >= 0.3 is 5.97 Å². The van der Waals surface area contributed by atoms with E-state index in [1.165, 1.54) is 50.3 Å². The van der Waals surface area contributed by atoms with E-state index in [0.717, 1.165) is 23.8 Å². The molecule has 0 amide bonds. The second-order valence-corrected chi connectivity index (χ2v) is 8.72. The minimum atomic E-state index is -0.239. The molecular formula is C23H30O3. The second kappa shape index (κ2) is 6.84. The smallest absolute Gasteiger partial charge is 0.330 e. The number of aryl methyl sites for hydroxylation is 1. The van der Waals surface area contributed by atoms with Gasteiger partial charge in [-0.3, -0.25) is 0 Å². The van der Waals surface area contributed by atoms with Crippen molar-refractivity contribution >= 4 is 5.97 Å². The van der Waals surface area contributed by atoms with Gasteiger partial charge < -0.3 is 9.84 Å². The van der Waals surface area contributed by atoms with E-state index in [2.05, 4.69) is 31.2 Å². The third kappa shape index (κ3) is 2.81. The van der Waals surface area contributed by atoms with Crippen molar-refractivity contribution in [1.82, 2.24) is 0 Å². The summed E-state index contributed by atoms with van der Waals surface area (Å²) in [5.74, 6) is 2.44. The van der Waals surface area contributed by atoms with Gasteiger partial charge in [0.1, 0.15) is 0 Å². The normalized spacial score (nSPS) is 35.7. The maximum Gasteiger partial charge on any atom is 0.330 e. The molecule has 0 bridgehead atoms. The summed E-state index contributed by atoms with van der Waals surface area (Å²) in [5, 5.41) is 9.43. The van der Waals surface area contributed by atoms with Crippen molar-refractivity contribution in [3.05, 3.63) is 47.0 Å². The average molecular weight is 354 g/mol. The predicted octanol–water partition coefficient (Wildman–Crippen LogP) is 4.38. The van der Waals surface area contributed by atoms with E-state index in [-0.39, 0.29) is 12.6 Å². The van der Waals surface area contributed by atoms with Gasteiger partial charge in [-0.05, 0) is 84.3 Å². The van der Waals surface area contributed by atoms with Crippen LogP contribution in [0.1, 0.15) is 61.6 Å². The Morgan fingerprint density at radius 3 is 2.92 bits per heavy atom. The maximum atomic E-state index is 11.5. The minimum absolute atomic E-state index is 0.135. The van der Waals surface area contributed by atoms with Crippen molar-refractivity contribution in [2.24, 2.45) is 23.2 Å². The highest BCUT2D eigenvalue weighted by Crippen LogP contribution is 2.63. The molecule has 3 aliphatic carbocycles. The summed E-state index contributed by atoms with van der Waals surface area (Å²) >= 11 is 0. The fourth-order valence-corrected chi connectivity index (χ4v) is 6.35. The first-order valence-corrected chi connectivity index (χ1v) is 10.1. The van der Waals surface area contributed by atoms with E-state index < -0.39 is 0 Å². The number of ether oxygens (including phenoxy) is 1. The first kappa shape index (κ1) is 17.8. The highest BCUT2D eigenvalue weighted by molar-refractivity contribution is 5.81. The van der Waals surface area contributed by atoms with Gasteiger partial charge in [0.15, 0.2) is 0 Å². The zero-order valence-electron chi connectivity index (χ0n) is 15.9. The molecule has 0 spiro atoms. The Kier molecular flexibility index (Phi) is 4.68. The molecule has 1 aromatic carbocycles. The van der Waals surface area contributed by atoms with Crippen LogP contribution in [-0.4, -0.2) is 18.2 Å². The number of hydrogen-bond donors (Lipinski definition) is 1. The Morgan fingerprint density at radius 1 is 1.31 bits per heavy atom. The summed E-state index contributed by atoms with van der Waals surface area (Å²) in [5.41, 5.74) is 4.35. The Balaban J connectivity index is 1.58. The number of methoxy groups -OCH3 is 1. The summed E-state index contributed by atoms with van der Waals surface area (Å²) in [6.07, 6.45) is 11.1. The van der Waals surface area contributed by atoms with Crippen LogP contribution in [0.25, 0.3) is 0 Å². The standard InChI is InChI=1S/C23H30O3/c1-23-12-11-19-18-7-3-15(14-24)13-16(18)4-8-20(19)21(23)9-5-17(23)6-10-22(25)26-2/h3,6-7,10,13,17,19-21,24H,4-5,8-9,11-12,14H2,1-2H3/t17-,19-,20-,21+,23-/m1/s1. The summed E-state index contributed by atoms with van der Waals surface area (Å²) in [6, 6.07) is 6.60. The number of aliphatic hydroxyl groups is 1. The minimum Gasteiger partial charge on any atom is -0.466 e. The van der Waals surface area contributed by atoms with Gasteiger partial charge in [-0.25, -0.2) is 4.79 Å². The molecule has 26 heavy (non-hydrogen) atoms. The third-order valence-corrected chi connectivity index (χ3v) is 7.71. The lowest BCUT2D eigenvalue weighted by molar-refractivity contribution is -0.134. The Bertz CT molecular complexity index is 722. The molecule has 2 fully saturated rings. The fourth-order valence-electron chi connectivity index (χ4n) is 6.35. The number of hydrogen-bond acceptors (Lipinski definition) is 3. The zero-order chi connectivity index (χ0) is 18.3. The molecule has 0 heterocycles. The Hall–Kier alpha value is -1.61. The second-order valence-electron chi connectivity index (χ2n) is 8.72. The number of esters is 1. The molecule has 3 heteroatoms. The topological polar surface area (TPSA) is 46.5 Å². The first-order valence-electron chi connectivity index (χ1n) is 10.1. The molecule has 4 rings (SSSR count). The summed E-state index contributed by atoms with van der Waals surface area (Å²) in [7, 11) is 1.44. The van der Waals surface area contributed by atoms with E-state index in [1.807, 2.05) is 0 Å². The molecule has 0 saturated heterocycles. The van der Waals surface area contributed by atoms with Gasteiger partial charge in [0.05, 0.1) is 13.7 Å². The molecule has 0 aliphatic heterocycles. The molecule has 3 nitrogen and oxygen atoms in total. The van der Waals surface area contributed by atoms with Gasteiger partial charge in [-0.15, -0.1) is 0 Å². The monoisotopic (exact) mass is 354 g/mol. The van der Waals surface area contributed by atoms with Crippen LogP contribution in [0, 0.1) is 23.2 Å². The molecule has 5 atom stereocenters. The van der Waals surface area contributed by atoms with Crippen LogP contribution in [0.3, 0.4) is 0 Å². The highest BCUT2D eigenvalue weighted by atomic mass is 16.5. The van der Waals surface area contributed by atoms with Crippen LogP contribution >= 0.6 is 0 Å². The summed E-state index contributed by atoms with van der Waals surface area (Å²) < 4.78 is 4.78. The van der Waals surface area contributed by atoms with Crippen molar-refractivity contribution in [2.75, 3.05) is 7.11 Å². The predicted molar refractivity (Wildman–Crippen MR) is 102 cm³/mol. The molecular weight excluding hydrogens is 324 g/mol. The van der Waals surface area contributed by atoms with E-state index in [1.54, 1.807) is 6.08 Å². The average Bonchev–Trinajstić information content (AvgIpc) is 3.01. The van der Waals surface area contributed by atoms with Gasteiger partial charge in [-0.2, -0.15) is 0 Å². The third-order valence-electron chi connectivity index (χ3n) is 7.71. The van der Waals surface area contributed by atoms with Crippen LogP contribution in [0.2, 0.25) is 0 Å². The number of allylic oxidation sites excluding steroid dienone is 1. The zero-order valence-corrected chi connectivity index (χ0v) is 15.9. The Labute approximate surface area is 156 Å². The number of fused-ring (bicyclic) bond motifs is 5. The van der Waals surface area contributed by atoms with E-state index in [0.29, 0.717) is 17.3 Å². The lowest BCUT2D eigenvalue weighted by Gasteiger charge is -2.50. The van der Waals surface area contributed by atoms with Gasteiger partial charge in [0.25, 0.3) is 0 Å². The number of benzene rings is 1. The van der Waals surface area contributed by atoms with Crippen molar-refractivity contribution in [2.45, 2.75) is 58.0 Å². The van der Waals surface area contributed by atoms with E-state index in [4.69, 9.17) is 4.74 Å². The summed E-state index contributed by atoms with van der Waals surface area (Å²) in [6.45, 7) is 2.59. The van der Waals surface area contributed by atoms with Crippen molar-refractivity contribution in [1.29, 1.82) is 0 Å². The molecule has 3 aliphatic rings. The Morgan fingerprint density at radius 2 is 2.15 bits per heavy atom. The van der Waals surface area contributed by atoms with Crippen LogP contribution in [0.15, 0.2) is 30.4 Å². The molecule has 0 unspecified atom stereocenters. The fraction of sp³-hybridized carbons (Fsp3) is 0.609. The molecule has 0 aromatic heterocycles. The number of carbonyl (C=O) groups excluding carboxylic acids is 1. The van der Waals surface area contributed by atoms with Crippen LogP contribution < -0.4 is 0 Å². The number of rotatable bonds is 3. The molecule has 1 N–H and O–H groups in total. The molecule has 0 radical (unpaired) electrons. The SMILES string of the molecule is COC(=O)C=C[C@H]1CC[C@H]2[C@@H]3CCc4cc(CO)ccc4[C@H]3CC[C@]12C. The molecule has 2 saturated carbocycles. The van der Waals surface area contributed by atoms with Crippen molar-refractivity contribution in [3.8, 4) is 0 Å². The lowest BCUT2D eigenvalue weighted by atomic mass is 9.54. The van der Waals surface area contributed by atoms with Crippen LogP contribution in [-0.2, 0) is 22.6 Å². The van der Waals surface area contributed by atoms with Gasteiger partial charge in [0, 0.05) is 6.08 Å². The highest BCUT2D eigenvalue weighted by Gasteiger charge is 2.53. The number of aliphatic hydroxyl groups excluding tert-OH is 1. The quantitative estimate of drug-likeness (QED) is 0.647. The van der Waals surface area contributed by atoms with Crippen LogP contribution in [0.4, 0.5) is 0 Å². The first-order chi connectivity index (χ1) is 12.6. The summed E-state index contributed by atoms with van der Waals surface area (Å²) in [4.78, 5) is 11.5. The van der Waals surface area contributed by atoms with Crippen LogP contribution in [0.5, 0.6) is 0 Å². The molecule has 1 aromatic rings. The molecule has 140 valence electrons. The lowest BCUT2D eigenvalue weighted by Crippen LogP contribution is -2.42. The van der Waals surface area contributed by atoms with Crippen molar-refractivity contribution < 1.29 is 14.6 Å². The van der Waals surface area contributed by atoms with Crippen molar-refractivity contribution in [3.63, 3.8) is 0 Å². The van der Waals surface area contributed by atoms with E-state index >= 15 is 0 Å². The number of carbonyl (C=O) groups is 1. The van der Waals surface area contributed by atoms with Gasteiger partial charge in [-0.1, -0.05) is 31.2 Å².